The van der Waals surface area contributed by atoms with Gasteiger partial charge in [0.2, 0.25) is 0 Å². The maximum atomic E-state index is 4.10. The molecule has 1 aliphatic rings. The summed E-state index contributed by atoms with van der Waals surface area (Å²) in [5.41, 5.74) is 1.22. The van der Waals surface area contributed by atoms with E-state index in [0.717, 1.165) is 5.92 Å². The van der Waals surface area contributed by atoms with Crippen LogP contribution in [0, 0.1) is 6.92 Å². The number of nitrogens with zero attached hydrogens (tertiary/aromatic N) is 1. The monoisotopic (exact) mass is 140 g/mol. The van der Waals surface area contributed by atoms with Gasteiger partial charge in [0.05, 0.1) is 5.69 Å². The quantitative estimate of drug-likeness (QED) is 0.636. The standard InChI is InChI=1S/C6H9N2P/c1-4-6(5-2-3-5)9-8-7-4/h5H,2-3H2,1H3,(H,7,8). The predicted octanol–water partition coefficient (Wildman–Crippen LogP) is 2.18. The highest BCUT2D eigenvalue weighted by atomic mass is 31.0. The lowest BCUT2D eigenvalue weighted by atomic mass is 10.3. The Labute approximate surface area is 55.8 Å². The summed E-state index contributed by atoms with van der Waals surface area (Å²) in [4.78, 5) is 2.97. The van der Waals surface area contributed by atoms with Gasteiger partial charge in [-0.25, -0.2) is 0 Å². The zero-order valence-electron chi connectivity index (χ0n) is 5.39. The first kappa shape index (κ1) is 5.43. The molecule has 1 heterocycles. The van der Waals surface area contributed by atoms with E-state index in [0.29, 0.717) is 0 Å². The Bertz CT molecular complexity index is 215. The first-order valence-electron chi connectivity index (χ1n) is 3.25. The van der Waals surface area contributed by atoms with E-state index >= 15 is 0 Å². The third-order valence-corrected chi connectivity index (χ3v) is 2.85. The molecule has 0 radical (unpaired) electrons. The first-order chi connectivity index (χ1) is 4.38. The van der Waals surface area contributed by atoms with Crippen LogP contribution in [0.15, 0.2) is 0 Å². The largest absolute Gasteiger partial charge is 0.260 e. The van der Waals surface area contributed by atoms with Crippen LogP contribution in [0.2, 0.25) is 0 Å². The summed E-state index contributed by atoms with van der Waals surface area (Å²) in [7, 11) is 1.23. The van der Waals surface area contributed by atoms with Crippen LogP contribution in [0.4, 0.5) is 0 Å². The Kier molecular flexibility index (Phi) is 1.09. The number of hydrogen-bond donors (Lipinski definition) is 1. The average Bonchev–Trinajstić information content (AvgIpc) is 2.58. The number of aryl methyl sites for hydroxylation is 1. The summed E-state index contributed by atoms with van der Waals surface area (Å²) in [6.45, 7) is 2.08. The minimum absolute atomic E-state index is 0.880. The third-order valence-electron chi connectivity index (χ3n) is 1.72. The molecule has 0 amide bonds. The van der Waals surface area contributed by atoms with Gasteiger partial charge < -0.3 is 0 Å². The molecule has 9 heavy (non-hydrogen) atoms. The van der Waals surface area contributed by atoms with Crippen LogP contribution in [0.3, 0.4) is 0 Å². The van der Waals surface area contributed by atoms with Gasteiger partial charge in [-0.1, -0.05) is 0 Å². The van der Waals surface area contributed by atoms with Gasteiger partial charge in [-0.2, -0.15) is 5.10 Å². The minimum atomic E-state index is 0.880. The van der Waals surface area contributed by atoms with Gasteiger partial charge in [-0.15, -0.1) is 0 Å². The summed E-state index contributed by atoms with van der Waals surface area (Å²) in [5, 5.41) is 5.62. The Morgan fingerprint density at radius 2 is 2.44 bits per heavy atom. The fraction of sp³-hybridized carbons (Fsp3) is 0.667. The van der Waals surface area contributed by atoms with Crippen LogP contribution in [-0.2, 0) is 0 Å². The zero-order chi connectivity index (χ0) is 6.27. The van der Waals surface area contributed by atoms with E-state index in [1.807, 2.05) is 0 Å². The number of hydrogen-bond acceptors (Lipinski definition) is 1. The summed E-state index contributed by atoms with van der Waals surface area (Å²) < 4.78 is 0. The number of aromatic amines is 1. The zero-order valence-corrected chi connectivity index (χ0v) is 6.28. The highest BCUT2D eigenvalue weighted by Gasteiger charge is 2.26. The molecule has 0 spiro atoms. The molecule has 1 N–H and O–H groups in total. The van der Waals surface area contributed by atoms with Gasteiger partial charge >= 0.3 is 0 Å². The average molecular weight is 140 g/mol. The molecule has 0 bridgehead atoms. The van der Waals surface area contributed by atoms with E-state index in [2.05, 4.69) is 16.9 Å². The molecule has 0 atom stereocenters. The van der Waals surface area contributed by atoms with Crippen molar-refractivity contribution < 1.29 is 0 Å². The van der Waals surface area contributed by atoms with Gasteiger partial charge in [0.15, 0.2) is 0 Å². The number of rotatable bonds is 1. The molecular weight excluding hydrogens is 131 g/mol. The van der Waals surface area contributed by atoms with E-state index in [-0.39, 0.29) is 0 Å². The number of H-pyrrole nitrogens is 1. The molecule has 1 aromatic rings. The van der Waals surface area contributed by atoms with Gasteiger partial charge in [0.25, 0.3) is 0 Å². The van der Waals surface area contributed by atoms with Crippen molar-refractivity contribution in [1.29, 1.82) is 0 Å². The van der Waals surface area contributed by atoms with Crippen molar-refractivity contribution in [2.45, 2.75) is 25.7 Å². The van der Waals surface area contributed by atoms with E-state index in [9.17, 15) is 0 Å². The second kappa shape index (κ2) is 1.81. The Balaban J connectivity index is 2.35. The van der Waals surface area contributed by atoms with Crippen molar-refractivity contribution in [3.8, 4) is 0 Å². The number of aromatic nitrogens is 2. The van der Waals surface area contributed by atoms with E-state index in [4.69, 9.17) is 0 Å². The Hall–Kier alpha value is -0.360. The van der Waals surface area contributed by atoms with Crippen LogP contribution >= 0.6 is 8.35 Å². The lowest BCUT2D eigenvalue weighted by Gasteiger charge is -1.87. The topological polar surface area (TPSA) is 28.7 Å². The highest BCUT2D eigenvalue weighted by Crippen LogP contribution is 2.44. The van der Waals surface area contributed by atoms with Gasteiger partial charge in [-0.3, -0.25) is 4.86 Å². The van der Waals surface area contributed by atoms with Crippen molar-refractivity contribution in [2.75, 3.05) is 0 Å². The highest BCUT2D eigenvalue weighted by molar-refractivity contribution is 7.26. The summed E-state index contributed by atoms with van der Waals surface area (Å²) >= 11 is 0. The van der Waals surface area contributed by atoms with E-state index in [1.165, 1.54) is 32.2 Å². The van der Waals surface area contributed by atoms with Gasteiger partial charge in [0, 0.05) is 13.6 Å². The maximum absolute atomic E-state index is 4.10. The molecule has 0 aromatic carbocycles. The molecule has 0 unspecified atom stereocenters. The molecular formula is C6H9N2P. The van der Waals surface area contributed by atoms with Crippen molar-refractivity contribution in [2.24, 2.45) is 0 Å². The normalized spacial score (nSPS) is 19.2. The molecule has 0 aliphatic heterocycles. The van der Waals surface area contributed by atoms with E-state index in [1.54, 1.807) is 0 Å². The molecule has 1 aromatic heterocycles. The molecule has 2 nitrogen and oxygen atoms in total. The van der Waals surface area contributed by atoms with Crippen molar-refractivity contribution in [3.05, 3.63) is 11.0 Å². The molecule has 3 heteroatoms. The first-order valence-corrected chi connectivity index (χ1v) is 4.14. The molecule has 48 valence electrons. The molecule has 1 aliphatic carbocycles. The van der Waals surface area contributed by atoms with Crippen LogP contribution in [0.25, 0.3) is 0 Å². The maximum Gasteiger partial charge on any atom is 0.0674 e. The lowest BCUT2D eigenvalue weighted by molar-refractivity contribution is 1.04. The van der Waals surface area contributed by atoms with Crippen molar-refractivity contribution >= 4 is 8.35 Å². The summed E-state index contributed by atoms with van der Waals surface area (Å²) in [5.74, 6) is 0.880. The van der Waals surface area contributed by atoms with Crippen molar-refractivity contribution in [3.63, 3.8) is 0 Å². The molecule has 2 rings (SSSR count). The second-order valence-corrected chi connectivity index (χ2v) is 3.47. The fourth-order valence-electron chi connectivity index (χ4n) is 1.04. The lowest BCUT2D eigenvalue weighted by Crippen LogP contribution is -1.76. The van der Waals surface area contributed by atoms with Crippen LogP contribution in [0.1, 0.15) is 29.7 Å². The van der Waals surface area contributed by atoms with Gasteiger partial charge in [0.1, 0.15) is 0 Å². The van der Waals surface area contributed by atoms with Gasteiger partial charge in [-0.05, 0) is 25.7 Å². The second-order valence-electron chi connectivity index (χ2n) is 2.57. The fourth-order valence-corrected chi connectivity index (χ4v) is 2.00. The van der Waals surface area contributed by atoms with Crippen LogP contribution in [-0.4, -0.2) is 9.96 Å². The smallest absolute Gasteiger partial charge is 0.0674 e. The minimum Gasteiger partial charge on any atom is -0.260 e. The Morgan fingerprint density at radius 1 is 1.67 bits per heavy atom. The SMILES string of the molecule is Cc1n[nH]pc1C1CC1. The van der Waals surface area contributed by atoms with Crippen molar-refractivity contribution in [1.82, 2.24) is 9.96 Å². The van der Waals surface area contributed by atoms with Crippen LogP contribution in [0.5, 0.6) is 0 Å². The molecule has 1 fully saturated rings. The third kappa shape index (κ3) is 0.878. The van der Waals surface area contributed by atoms with Crippen LogP contribution < -0.4 is 0 Å². The summed E-state index contributed by atoms with van der Waals surface area (Å²) in [6, 6.07) is 0. The van der Waals surface area contributed by atoms with E-state index < -0.39 is 0 Å². The molecule has 0 saturated heterocycles. The predicted molar refractivity (Wildman–Crippen MR) is 37.8 cm³/mol. The molecule has 1 saturated carbocycles. The Morgan fingerprint density at radius 3 is 2.89 bits per heavy atom. The number of nitrogens with one attached hydrogen (secondary N) is 1. The summed E-state index contributed by atoms with van der Waals surface area (Å²) in [6.07, 6.45) is 2.77.